The number of benzene rings is 1. The minimum atomic E-state index is 0.422. The van der Waals surface area contributed by atoms with Gasteiger partial charge in [-0.05, 0) is 25.6 Å². The SMILES string of the molecule is CCNCc1c(COc2ccccc2OC)n[nH]c1C. The van der Waals surface area contributed by atoms with E-state index in [0.29, 0.717) is 6.61 Å². The number of H-pyrrole nitrogens is 1. The molecular formula is C15H21N3O2. The van der Waals surface area contributed by atoms with Crippen LogP contribution >= 0.6 is 0 Å². The number of ether oxygens (including phenoxy) is 2. The largest absolute Gasteiger partial charge is 0.493 e. The number of hydrogen-bond acceptors (Lipinski definition) is 4. The molecule has 0 saturated carbocycles. The van der Waals surface area contributed by atoms with Crippen LogP contribution in [0.5, 0.6) is 11.5 Å². The molecule has 5 nitrogen and oxygen atoms in total. The fourth-order valence-electron chi connectivity index (χ4n) is 1.99. The van der Waals surface area contributed by atoms with Gasteiger partial charge in [0.25, 0.3) is 0 Å². The summed E-state index contributed by atoms with van der Waals surface area (Å²) in [6, 6.07) is 7.61. The van der Waals surface area contributed by atoms with E-state index < -0.39 is 0 Å². The van der Waals surface area contributed by atoms with Crippen molar-refractivity contribution < 1.29 is 9.47 Å². The van der Waals surface area contributed by atoms with Gasteiger partial charge in [-0.3, -0.25) is 5.10 Å². The summed E-state index contributed by atoms with van der Waals surface area (Å²) < 4.78 is 11.1. The molecule has 0 bridgehead atoms. The molecule has 1 aromatic carbocycles. The second kappa shape index (κ2) is 6.96. The average Bonchev–Trinajstić information content (AvgIpc) is 2.83. The van der Waals surface area contributed by atoms with Crippen LogP contribution in [0.3, 0.4) is 0 Å². The van der Waals surface area contributed by atoms with Crippen LogP contribution in [0.1, 0.15) is 23.9 Å². The van der Waals surface area contributed by atoms with Gasteiger partial charge in [0.2, 0.25) is 0 Å². The molecule has 2 rings (SSSR count). The van der Waals surface area contributed by atoms with Gasteiger partial charge >= 0.3 is 0 Å². The standard InChI is InChI=1S/C15H21N3O2/c1-4-16-9-12-11(2)17-18-13(12)10-20-15-8-6-5-7-14(15)19-3/h5-8,16H,4,9-10H2,1-3H3,(H,17,18). The van der Waals surface area contributed by atoms with Crippen LogP contribution in [0.15, 0.2) is 24.3 Å². The van der Waals surface area contributed by atoms with Crippen molar-refractivity contribution in [3.05, 3.63) is 41.2 Å². The minimum absolute atomic E-state index is 0.422. The Balaban J connectivity index is 2.07. The lowest BCUT2D eigenvalue weighted by Crippen LogP contribution is -2.14. The molecule has 108 valence electrons. The summed E-state index contributed by atoms with van der Waals surface area (Å²) in [6.07, 6.45) is 0. The van der Waals surface area contributed by atoms with Gasteiger partial charge in [-0.25, -0.2) is 0 Å². The summed E-state index contributed by atoms with van der Waals surface area (Å²) in [7, 11) is 1.64. The highest BCUT2D eigenvalue weighted by atomic mass is 16.5. The molecule has 0 radical (unpaired) electrons. The van der Waals surface area contributed by atoms with Crippen molar-refractivity contribution in [2.45, 2.75) is 27.0 Å². The van der Waals surface area contributed by atoms with Crippen LogP contribution in [0.2, 0.25) is 0 Å². The highest BCUT2D eigenvalue weighted by Gasteiger charge is 2.11. The molecule has 0 atom stereocenters. The van der Waals surface area contributed by atoms with Crippen LogP contribution in [-0.2, 0) is 13.2 Å². The van der Waals surface area contributed by atoms with Crippen LogP contribution in [0.25, 0.3) is 0 Å². The predicted octanol–water partition coefficient (Wildman–Crippen LogP) is 2.42. The maximum absolute atomic E-state index is 5.81. The van der Waals surface area contributed by atoms with Crippen LogP contribution < -0.4 is 14.8 Å². The second-order valence-corrected chi connectivity index (χ2v) is 4.49. The Morgan fingerprint density at radius 2 is 2.00 bits per heavy atom. The quantitative estimate of drug-likeness (QED) is 0.814. The van der Waals surface area contributed by atoms with Crippen molar-refractivity contribution in [3.8, 4) is 11.5 Å². The van der Waals surface area contributed by atoms with E-state index in [2.05, 4.69) is 22.4 Å². The van der Waals surface area contributed by atoms with Crippen LogP contribution in [0.4, 0.5) is 0 Å². The highest BCUT2D eigenvalue weighted by Crippen LogP contribution is 2.26. The first-order valence-corrected chi connectivity index (χ1v) is 6.75. The summed E-state index contributed by atoms with van der Waals surface area (Å²) in [5.41, 5.74) is 3.17. The molecular weight excluding hydrogens is 254 g/mol. The second-order valence-electron chi connectivity index (χ2n) is 4.49. The molecule has 0 unspecified atom stereocenters. The molecule has 1 aromatic heterocycles. The van der Waals surface area contributed by atoms with E-state index >= 15 is 0 Å². The Bertz CT molecular complexity index is 552. The fourth-order valence-corrected chi connectivity index (χ4v) is 1.99. The molecule has 0 spiro atoms. The first-order valence-electron chi connectivity index (χ1n) is 6.75. The number of methoxy groups -OCH3 is 1. The predicted molar refractivity (Wildman–Crippen MR) is 78.0 cm³/mol. The summed E-state index contributed by atoms with van der Waals surface area (Å²) >= 11 is 0. The molecule has 0 fully saturated rings. The van der Waals surface area contributed by atoms with Gasteiger partial charge in [0.05, 0.1) is 7.11 Å². The third-order valence-corrected chi connectivity index (χ3v) is 3.14. The van der Waals surface area contributed by atoms with Gasteiger partial charge in [0.15, 0.2) is 11.5 Å². The molecule has 2 aromatic rings. The van der Waals surface area contributed by atoms with Crippen molar-refractivity contribution >= 4 is 0 Å². The topological polar surface area (TPSA) is 59.2 Å². The van der Waals surface area contributed by atoms with Gasteiger partial charge in [-0.2, -0.15) is 5.10 Å². The molecule has 1 heterocycles. The van der Waals surface area contributed by atoms with E-state index in [4.69, 9.17) is 9.47 Å². The Labute approximate surface area is 119 Å². The number of aryl methyl sites for hydroxylation is 1. The van der Waals surface area contributed by atoms with Crippen molar-refractivity contribution in [2.75, 3.05) is 13.7 Å². The molecule has 0 aliphatic carbocycles. The van der Waals surface area contributed by atoms with Gasteiger partial charge in [0.1, 0.15) is 12.3 Å². The number of rotatable bonds is 7. The number of nitrogens with one attached hydrogen (secondary N) is 2. The molecule has 20 heavy (non-hydrogen) atoms. The zero-order valence-electron chi connectivity index (χ0n) is 12.2. The Morgan fingerprint density at radius 3 is 2.70 bits per heavy atom. The van der Waals surface area contributed by atoms with E-state index in [0.717, 1.165) is 36.0 Å². The smallest absolute Gasteiger partial charge is 0.161 e. The number of hydrogen-bond donors (Lipinski definition) is 2. The first-order chi connectivity index (χ1) is 9.76. The Hall–Kier alpha value is -2.01. The highest BCUT2D eigenvalue weighted by molar-refractivity contribution is 5.39. The van der Waals surface area contributed by atoms with Crippen molar-refractivity contribution in [1.29, 1.82) is 0 Å². The molecule has 0 saturated heterocycles. The van der Waals surface area contributed by atoms with Crippen LogP contribution in [-0.4, -0.2) is 23.9 Å². The monoisotopic (exact) mass is 275 g/mol. The van der Waals surface area contributed by atoms with E-state index in [1.54, 1.807) is 7.11 Å². The lowest BCUT2D eigenvalue weighted by molar-refractivity contribution is 0.279. The first kappa shape index (κ1) is 14.4. The summed E-state index contributed by atoms with van der Waals surface area (Å²) in [4.78, 5) is 0. The molecule has 0 amide bonds. The summed E-state index contributed by atoms with van der Waals surface area (Å²) in [5.74, 6) is 1.46. The Kier molecular flexibility index (Phi) is 5.01. The van der Waals surface area contributed by atoms with Crippen LogP contribution in [0, 0.1) is 6.92 Å². The van der Waals surface area contributed by atoms with Gasteiger partial charge in [0, 0.05) is 17.8 Å². The lowest BCUT2D eigenvalue weighted by Gasteiger charge is -2.10. The fraction of sp³-hybridized carbons (Fsp3) is 0.400. The molecule has 5 heteroatoms. The average molecular weight is 275 g/mol. The van der Waals surface area contributed by atoms with E-state index in [1.807, 2.05) is 31.2 Å². The third-order valence-electron chi connectivity index (χ3n) is 3.14. The molecule has 2 N–H and O–H groups in total. The van der Waals surface area contributed by atoms with Crippen molar-refractivity contribution in [1.82, 2.24) is 15.5 Å². The summed E-state index contributed by atoms with van der Waals surface area (Å²) in [5, 5.41) is 10.6. The molecule has 0 aliphatic heterocycles. The number of aromatic nitrogens is 2. The minimum Gasteiger partial charge on any atom is -0.493 e. The van der Waals surface area contributed by atoms with E-state index in [-0.39, 0.29) is 0 Å². The van der Waals surface area contributed by atoms with Gasteiger partial charge in [-0.15, -0.1) is 0 Å². The number of aromatic amines is 1. The zero-order valence-corrected chi connectivity index (χ0v) is 12.2. The molecule has 0 aliphatic rings. The maximum Gasteiger partial charge on any atom is 0.161 e. The van der Waals surface area contributed by atoms with Gasteiger partial charge < -0.3 is 14.8 Å². The van der Waals surface area contributed by atoms with Crippen molar-refractivity contribution in [2.24, 2.45) is 0 Å². The summed E-state index contributed by atoms with van der Waals surface area (Å²) in [6.45, 7) is 6.25. The number of para-hydroxylation sites is 2. The zero-order chi connectivity index (χ0) is 14.4. The third kappa shape index (κ3) is 3.30. The van der Waals surface area contributed by atoms with Gasteiger partial charge in [-0.1, -0.05) is 19.1 Å². The van der Waals surface area contributed by atoms with E-state index in [1.165, 1.54) is 5.56 Å². The van der Waals surface area contributed by atoms with E-state index in [9.17, 15) is 0 Å². The van der Waals surface area contributed by atoms with Crippen molar-refractivity contribution in [3.63, 3.8) is 0 Å². The Morgan fingerprint density at radius 1 is 1.25 bits per heavy atom. The maximum atomic E-state index is 5.81. The lowest BCUT2D eigenvalue weighted by atomic mass is 10.2. The normalized spacial score (nSPS) is 10.6. The number of nitrogens with zero attached hydrogens (tertiary/aromatic N) is 1.